The van der Waals surface area contributed by atoms with E-state index in [9.17, 15) is 13.2 Å². The molecule has 3 nitrogen and oxygen atoms in total. The summed E-state index contributed by atoms with van der Waals surface area (Å²) in [6, 6.07) is 2.65. The molecule has 0 unspecified atom stereocenters. The van der Waals surface area contributed by atoms with Gasteiger partial charge in [0.1, 0.15) is 0 Å². The lowest BCUT2D eigenvalue weighted by molar-refractivity contribution is -0.148. The Morgan fingerprint density at radius 1 is 1.17 bits per heavy atom. The molecule has 0 amide bonds. The van der Waals surface area contributed by atoms with Crippen LogP contribution in [0.5, 0.6) is 0 Å². The van der Waals surface area contributed by atoms with E-state index in [0.717, 1.165) is 0 Å². The number of hydrogen-bond acceptors (Lipinski definition) is 3. The number of nitrogens with one attached hydrogen (secondary N) is 1. The predicted molar refractivity (Wildman–Crippen MR) is 98.6 cm³/mol. The number of benzene rings is 1. The first kappa shape index (κ1) is 23.3. The summed E-state index contributed by atoms with van der Waals surface area (Å²) < 4.78 is 40.2. The van der Waals surface area contributed by atoms with E-state index in [1.165, 1.54) is 0 Å². The highest BCUT2D eigenvalue weighted by Crippen LogP contribution is 2.40. The molecule has 3 N–H and O–H groups in total. The molecule has 0 saturated carbocycles. The molecule has 2 rings (SSSR count). The molecule has 1 fully saturated rings. The van der Waals surface area contributed by atoms with Gasteiger partial charge < -0.3 is 11.1 Å². The molecule has 1 heterocycles. The van der Waals surface area contributed by atoms with Crippen molar-refractivity contribution in [2.24, 2.45) is 0 Å². The summed E-state index contributed by atoms with van der Waals surface area (Å²) in [5.74, 6) is 0. The van der Waals surface area contributed by atoms with Crippen molar-refractivity contribution in [1.82, 2.24) is 10.2 Å². The van der Waals surface area contributed by atoms with Crippen molar-refractivity contribution in [2.45, 2.75) is 18.6 Å². The highest BCUT2D eigenvalue weighted by Gasteiger charge is 2.37. The van der Waals surface area contributed by atoms with Gasteiger partial charge in [0.05, 0.1) is 12.1 Å². The predicted octanol–water partition coefficient (Wildman–Crippen LogP) is 4.54. The number of hydrogen-bond donors (Lipinski definition) is 2. The number of piperazine rings is 1. The third-order valence-corrected chi connectivity index (χ3v) is 4.62. The third-order valence-electron chi connectivity index (χ3n) is 3.50. The molecule has 0 spiro atoms. The second-order valence-corrected chi connectivity index (χ2v) is 6.78. The SMILES string of the molecule is Cl.Cl.Nc1c(Br)cc(Br)cc1[C@@H](CC(F)(F)F)N1CCNCC1. The van der Waals surface area contributed by atoms with Gasteiger partial charge in [0.15, 0.2) is 0 Å². The fourth-order valence-electron chi connectivity index (χ4n) is 2.53. The fraction of sp³-hybridized carbons (Fsp3) is 0.538. The second kappa shape index (κ2) is 9.68. The Kier molecular flexibility index (Phi) is 9.79. The molecule has 134 valence electrons. The Morgan fingerprint density at radius 2 is 1.74 bits per heavy atom. The zero-order valence-electron chi connectivity index (χ0n) is 12.0. The lowest BCUT2D eigenvalue weighted by atomic mass is 9.99. The van der Waals surface area contributed by atoms with Crippen LogP contribution in [0.3, 0.4) is 0 Å². The molecule has 0 aromatic heterocycles. The van der Waals surface area contributed by atoms with Crippen LogP contribution in [0.1, 0.15) is 18.0 Å². The van der Waals surface area contributed by atoms with Gasteiger partial charge in [0, 0.05) is 41.2 Å². The van der Waals surface area contributed by atoms with Crippen molar-refractivity contribution in [3.05, 3.63) is 26.6 Å². The van der Waals surface area contributed by atoms with E-state index in [0.29, 0.717) is 46.4 Å². The Labute approximate surface area is 162 Å². The van der Waals surface area contributed by atoms with Gasteiger partial charge in [0.25, 0.3) is 0 Å². The zero-order chi connectivity index (χ0) is 15.6. The average Bonchev–Trinajstić information content (AvgIpc) is 2.40. The Balaban J connectivity index is 0.00000242. The number of alkyl halides is 3. The van der Waals surface area contributed by atoms with Gasteiger partial charge in [-0.05, 0) is 33.6 Å². The standard InChI is InChI=1S/C13H16Br2F3N3.2ClH/c14-8-5-9(12(19)10(15)6-8)11(7-13(16,17)18)21-3-1-20-2-4-21;;/h5-6,11,20H,1-4,7,19H2;2*1H/t11-;;/m1../s1. The Morgan fingerprint density at radius 3 is 2.26 bits per heavy atom. The van der Waals surface area contributed by atoms with E-state index < -0.39 is 18.6 Å². The summed E-state index contributed by atoms with van der Waals surface area (Å²) >= 11 is 6.62. The Bertz CT molecular complexity index is 512. The van der Waals surface area contributed by atoms with Crippen molar-refractivity contribution in [3.8, 4) is 0 Å². The molecule has 0 aliphatic carbocycles. The second-order valence-electron chi connectivity index (χ2n) is 5.01. The Hall–Kier alpha value is 0.270. The van der Waals surface area contributed by atoms with Crippen LogP contribution in [-0.4, -0.2) is 37.3 Å². The summed E-state index contributed by atoms with van der Waals surface area (Å²) in [5.41, 5.74) is 6.88. The number of nitrogens with zero attached hydrogens (tertiary/aromatic N) is 1. The van der Waals surface area contributed by atoms with E-state index in [4.69, 9.17) is 5.73 Å². The van der Waals surface area contributed by atoms with E-state index >= 15 is 0 Å². The lowest BCUT2D eigenvalue weighted by Gasteiger charge is -2.36. The number of nitrogen functional groups attached to an aromatic ring is 1. The number of halogens is 7. The molecular formula is C13H18Br2Cl2F3N3. The molecule has 1 saturated heterocycles. The van der Waals surface area contributed by atoms with Crippen LogP contribution in [0.4, 0.5) is 18.9 Å². The van der Waals surface area contributed by atoms with Crippen LogP contribution >= 0.6 is 56.7 Å². The first-order valence-electron chi connectivity index (χ1n) is 6.54. The zero-order valence-corrected chi connectivity index (χ0v) is 16.8. The van der Waals surface area contributed by atoms with Gasteiger partial charge >= 0.3 is 6.18 Å². The number of nitrogens with two attached hydrogens (primary N) is 1. The number of rotatable bonds is 3. The summed E-state index contributed by atoms with van der Waals surface area (Å²) in [6.45, 7) is 2.52. The van der Waals surface area contributed by atoms with Gasteiger partial charge in [-0.2, -0.15) is 13.2 Å². The molecule has 10 heteroatoms. The molecule has 1 aliphatic heterocycles. The van der Waals surface area contributed by atoms with Crippen molar-refractivity contribution < 1.29 is 13.2 Å². The minimum absolute atomic E-state index is 0. The highest BCUT2D eigenvalue weighted by atomic mass is 79.9. The molecule has 23 heavy (non-hydrogen) atoms. The van der Waals surface area contributed by atoms with Gasteiger partial charge in [-0.15, -0.1) is 24.8 Å². The van der Waals surface area contributed by atoms with Crippen molar-refractivity contribution in [3.63, 3.8) is 0 Å². The van der Waals surface area contributed by atoms with E-state index in [1.807, 2.05) is 4.90 Å². The lowest BCUT2D eigenvalue weighted by Crippen LogP contribution is -2.46. The summed E-state index contributed by atoms with van der Waals surface area (Å²) in [6.07, 6.45) is -5.14. The third kappa shape index (κ3) is 6.59. The fourth-order valence-corrected chi connectivity index (χ4v) is 3.79. The maximum absolute atomic E-state index is 13.0. The number of anilines is 1. The van der Waals surface area contributed by atoms with Crippen LogP contribution in [-0.2, 0) is 0 Å². The highest BCUT2D eigenvalue weighted by molar-refractivity contribution is 9.11. The summed E-state index contributed by atoms with van der Waals surface area (Å²) in [7, 11) is 0. The smallest absolute Gasteiger partial charge is 0.390 e. The molecule has 0 radical (unpaired) electrons. The minimum Gasteiger partial charge on any atom is -0.398 e. The van der Waals surface area contributed by atoms with Crippen LogP contribution in [0.2, 0.25) is 0 Å². The van der Waals surface area contributed by atoms with Crippen molar-refractivity contribution >= 4 is 62.4 Å². The van der Waals surface area contributed by atoms with Crippen LogP contribution in [0.25, 0.3) is 0 Å². The monoisotopic (exact) mass is 501 g/mol. The average molecular weight is 504 g/mol. The summed E-state index contributed by atoms with van der Waals surface area (Å²) in [5, 5.41) is 3.15. The molecule has 0 bridgehead atoms. The van der Waals surface area contributed by atoms with E-state index in [1.54, 1.807) is 12.1 Å². The van der Waals surface area contributed by atoms with Crippen LogP contribution < -0.4 is 11.1 Å². The molecule has 1 atom stereocenters. The topological polar surface area (TPSA) is 41.3 Å². The molecule has 1 aliphatic rings. The van der Waals surface area contributed by atoms with Gasteiger partial charge in [-0.25, -0.2) is 0 Å². The molecule has 1 aromatic carbocycles. The molecule has 1 aromatic rings. The van der Waals surface area contributed by atoms with E-state index in [-0.39, 0.29) is 24.8 Å². The van der Waals surface area contributed by atoms with Gasteiger partial charge in [0.2, 0.25) is 0 Å². The maximum Gasteiger partial charge on any atom is 0.390 e. The minimum atomic E-state index is -4.24. The molecular weight excluding hydrogens is 486 g/mol. The van der Waals surface area contributed by atoms with Crippen molar-refractivity contribution in [1.29, 1.82) is 0 Å². The quantitative estimate of drug-likeness (QED) is 0.595. The maximum atomic E-state index is 13.0. The summed E-state index contributed by atoms with van der Waals surface area (Å²) in [4.78, 5) is 1.84. The van der Waals surface area contributed by atoms with Crippen LogP contribution in [0, 0.1) is 0 Å². The first-order chi connectivity index (χ1) is 9.78. The normalized spacial score (nSPS) is 17.1. The van der Waals surface area contributed by atoms with Crippen LogP contribution in [0.15, 0.2) is 21.1 Å². The largest absolute Gasteiger partial charge is 0.398 e. The van der Waals surface area contributed by atoms with Gasteiger partial charge in [-0.3, -0.25) is 4.90 Å². The van der Waals surface area contributed by atoms with Gasteiger partial charge in [-0.1, -0.05) is 15.9 Å². The first-order valence-corrected chi connectivity index (χ1v) is 8.12. The van der Waals surface area contributed by atoms with E-state index in [2.05, 4.69) is 37.2 Å². The van der Waals surface area contributed by atoms with Crippen molar-refractivity contribution in [2.75, 3.05) is 31.9 Å².